The highest BCUT2D eigenvalue weighted by Crippen LogP contribution is 2.16. The van der Waals surface area contributed by atoms with Crippen LogP contribution in [0.3, 0.4) is 0 Å². The van der Waals surface area contributed by atoms with Crippen LogP contribution < -0.4 is 5.32 Å². The summed E-state index contributed by atoms with van der Waals surface area (Å²) in [6, 6.07) is 9.14. The van der Waals surface area contributed by atoms with Crippen molar-refractivity contribution < 1.29 is 24.2 Å². The van der Waals surface area contributed by atoms with Crippen LogP contribution in [0.5, 0.6) is 0 Å². The van der Waals surface area contributed by atoms with E-state index in [4.69, 9.17) is 5.11 Å². The van der Waals surface area contributed by atoms with E-state index in [-0.39, 0.29) is 5.75 Å². The van der Waals surface area contributed by atoms with E-state index in [1.165, 1.54) is 0 Å². The average Bonchev–Trinajstić information content (AvgIpc) is 2.44. The molecule has 1 aromatic carbocycles. The molecule has 6 nitrogen and oxygen atoms in total. The number of alkyl carbamates (subject to hydrolysis) is 1. The van der Waals surface area contributed by atoms with Crippen LogP contribution in [0.2, 0.25) is 0 Å². The Morgan fingerprint density at radius 2 is 1.95 bits per heavy atom. The minimum absolute atomic E-state index is 0.126. The Balaban J connectivity index is 2.50. The van der Waals surface area contributed by atoms with Crippen molar-refractivity contribution in [2.24, 2.45) is 0 Å². The molecular weight excluding hydrogens is 282 g/mol. The minimum atomic E-state index is -0.996. The molecule has 0 fully saturated rings. The van der Waals surface area contributed by atoms with Gasteiger partial charge in [0.05, 0.1) is 12.9 Å². The number of carbonyl (C=O) groups is 3. The summed E-state index contributed by atoms with van der Waals surface area (Å²) in [5.74, 6) is -1.70. The van der Waals surface area contributed by atoms with Crippen LogP contribution in [-0.4, -0.2) is 41.2 Å². The Morgan fingerprint density at radius 1 is 1.30 bits per heavy atom. The fourth-order valence-corrected chi connectivity index (χ4v) is 2.30. The highest BCUT2D eigenvalue weighted by atomic mass is 32.2. The number of thioether (sulfide) groups is 1. The maximum atomic E-state index is 11.4. The summed E-state index contributed by atoms with van der Waals surface area (Å²) >= 11 is 0.966. The Morgan fingerprint density at radius 3 is 2.50 bits per heavy atom. The molecule has 0 aromatic heterocycles. The van der Waals surface area contributed by atoms with Crippen LogP contribution in [-0.2, 0) is 20.7 Å². The summed E-state index contributed by atoms with van der Waals surface area (Å²) in [4.78, 5) is 33.3. The minimum Gasteiger partial charge on any atom is -0.480 e. The molecule has 0 spiro atoms. The first kappa shape index (κ1) is 16.0. The molecule has 108 valence electrons. The van der Waals surface area contributed by atoms with Gasteiger partial charge in [-0.1, -0.05) is 30.3 Å². The van der Waals surface area contributed by atoms with E-state index >= 15 is 0 Å². The lowest BCUT2D eigenvalue weighted by atomic mass is 10.1. The van der Waals surface area contributed by atoms with Crippen molar-refractivity contribution in [2.45, 2.75) is 11.7 Å². The van der Waals surface area contributed by atoms with Crippen molar-refractivity contribution in [3.63, 3.8) is 0 Å². The van der Waals surface area contributed by atoms with E-state index in [0.717, 1.165) is 24.4 Å². The maximum Gasteiger partial charge on any atom is 0.413 e. The SMILES string of the molecule is COC(=O)NC(=O)CSC(Cc1ccccc1)C(=O)O. The summed E-state index contributed by atoms with van der Waals surface area (Å²) in [5, 5.41) is 10.4. The summed E-state index contributed by atoms with van der Waals surface area (Å²) in [6.45, 7) is 0. The zero-order chi connectivity index (χ0) is 15.0. The topological polar surface area (TPSA) is 92.7 Å². The largest absolute Gasteiger partial charge is 0.480 e. The number of aliphatic carboxylic acids is 1. The van der Waals surface area contributed by atoms with E-state index in [9.17, 15) is 14.4 Å². The predicted octanol–water partition coefficient (Wildman–Crippen LogP) is 1.30. The molecule has 0 saturated heterocycles. The maximum absolute atomic E-state index is 11.4. The lowest BCUT2D eigenvalue weighted by molar-refractivity contribution is -0.136. The zero-order valence-electron chi connectivity index (χ0n) is 10.9. The van der Waals surface area contributed by atoms with Crippen molar-refractivity contribution >= 4 is 29.7 Å². The monoisotopic (exact) mass is 297 g/mol. The molecule has 0 saturated carbocycles. The van der Waals surface area contributed by atoms with Gasteiger partial charge < -0.3 is 9.84 Å². The first-order valence-electron chi connectivity index (χ1n) is 5.79. The van der Waals surface area contributed by atoms with Gasteiger partial charge in [-0.15, -0.1) is 11.8 Å². The number of nitrogens with one attached hydrogen (secondary N) is 1. The number of benzene rings is 1. The first-order valence-corrected chi connectivity index (χ1v) is 6.84. The van der Waals surface area contributed by atoms with Crippen LogP contribution in [0, 0.1) is 0 Å². The van der Waals surface area contributed by atoms with Crippen LogP contribution in [0.4, 0.5) is 4.79 Å². The average molecular weight is 297 g/mol. The van der Waals surface area contributed by atoms with Gasteiger partial charge in [0.25, 0.3) is 0 Å². The van der Waals surface area contributed by atoms with Gasteiger partial charge in [0, 0.05) is 0 Å². The fraction of sp³-hybridized carbons (Fsp3) is 0.308. The number of hydrogen-bond donors (Lipinski definition) is 2. The van der Waals surface area contributed by atoms with Gasteiger partial charge in [-0.25, -0.2) is 4.79 Å². The van der Waals surface area contributed by atoms with Gasteiger partial charge in [0.1, 0.15) is 5.25 Å². The number of methoxy groups -OCH3 is 1. The third-order valence-corrected chi connectivity index (χ3v) is 3.58. The van der Waals surface area contributed by atoms with Crippen LogP contribution in [0.15, 0.2) is 30.3 Å². The van der Waals surface area contributed by atoms with E-state index in [0.29, 0.717) is 6.42 Å². The molecule has 0 heterocycles. The molecule has 0 aliphatic rings. The van der Waals surface area contributed by atoms with Crippen LogP contribution in [0.25, 0.3) is 0 Å². The van der Waals surface area contributed by atoms with E-state index in [2.05, 4.69) is 4.74 Å². The van der Waals surface area contributed by atoms with Gasteiger partial charge in [0.2, 0.25) is 5.91 Å². The van der Waals surface area contributed by atoms with Gasteiger partial charge in [-0.2, -0.15) is 0 Å². The van der Waals surface area contributed by atoms with Crippen LogP contribution in [0.1, 0.15) is 5.56 Å². The molecule has 1 rings (SSSR count). The van der Waals surface area contributed by atoms with Crippen molar-refractivity contribution in [1.82, 2.24) is 5.32 Å². The highest BCUT2D eigenvalue weighted by Gasteiger charge is 2.20. The number of carboxylic acids is 1. The van der Waals surface area contributed by atoms with E-state index in [1.54, 1.807) is 0 Å². The predicted molar refractivity (Wildman–Crippen MR) is 74.6 cm³/mol. The molecule has 7 heteroatoms. The van der Waals surface area contributed by atoms with Gasteiger partial charge in [-0.3, -0.25) is 14.9 Å². The molecule has 20 heavy (non-hydrogen) atoms. The zero-order valence-corrected chi connectivity index (χ0v) is 11.7. The molecule has 0 aliphatic carbocycles. The fourth-order valence-electron chi connectivity index (χ4n) is 1.42. The van der Waals surface area contributed by atoms with Crippen molar-refractivity contribution in [2.75, 3.05) is 12.9 Å². The summed E-state index contributed by atoms with van der Waals surface area (Å²) in [5.41, 5.74) is 0.876. The number of imide groups is 1. The molecule has 2 amide bonds. The third-order valence-electron chi connectivity index (χ3n) is 2.38. The quantitative estimate of drug-likeness (QED) is 0.822. The molecule has 1 atom stereocenters. The number of carbonyl (C=O) groups excluding carboxylic acids is 2. The standard InChI is InChI=1S/C13H15NO5S/c1-19-13(18)14-11(15)8-20-10(12(16)17)7-9-5-3-2-4-6-9/h2-6,10H,7-8H2,1H3,(H,16,17)(H,14,15,18). The normalized spacial score (nSPS) is 11.4. The lowest BCUT2D eigenvalue weighted by Crippen LogP contribution is -2.33. The van der Waals surface area contributed by atoms with Gasteiger partial charge in [-0.05, 0) is 12.0 Å². The number of rotatable bonds is 6. The number of carboxylic acid groups (broad SMARTS) is 1. The second kappa shape index (κ2) is 8.21. The summed E-state index contributed by atoms with van der Waals surface area (Å²) in [6.07, 6.45) is -0.544. The Labute approximate surface area is 120 Å². The van der Waals surface area contributed by atoms with Gasteiger partial charge >= 0.3 is 12.1 Å². The highest BCUT2D eigenvalue weighted by molar-refractivity contribution is 8.01. The number of ether oxygens (including phenoxy) is 1. The third kappa shape index (κ3) is 5.75. The lowest BCUT2D eigenvalue weighted by Gasteiger charge is -2.11. The summed E-state index contributed by atoms with van der Waals surface area (Å²) < 4.78 is 4.27. The molecule has 1 aromatic rings. The second-order valence-corrected chi connectivity index (χ2v) is 5.06. The van der Waals surface area contributed by atoms with Crippen LogP contribution >= 0.6 is 11.8 Å². The smallest absolute Gasteiger partial charge is 0.413 e. The van der Waals surface area contributed by atoms with Crippen molar-refractivity contribution in [3.05, 3.63) is 35.9 Å². The van der Waals surface area contributed by atoms with Gasteiger partial charge in [0.15, 0.2) is 0 Å². The van der Waals surface area contributed by atoms with E-state index < -0.39 is 23.2 Å². The van der Waals surface area contributed by atoms with Crippen molar-refractivity contribution in [3.8, 4) is 0 Å². The Bertz CT molecular complexity index is 477. The van der Waals surface area contributed by atoms with E-state index in [1.807, 2.05) is 35.6 Å². The molecule has 0 aliphatic heterocycles. The molecule has 0 radical (unpaired) electrons. The second-order valence-electron chi connectivity index (χ2n) is 3.87. The first-order chi connectivity index (χ1) is 9.52. The van der Waals surface area contributed by atoms with Crippen molar-refractivity contribution in [1.29, 1.82) is 0 Å². The number of hydrogen-bond acceptors (Lipinski definition) is 5. The molecular formula is C13H15NO5S. The Hall–Kier alpha value is -2.02. The summed E-state index contributed by atoms with van der Waals surface area (Å²) in [7, 11) is 1.14. The molecule has 1 unspecified atom stereocenters. The Kier molecular flexibility index (Phi) is 6.58. The number of amides is 2. The molecule has 2 N–H and O–H groups in total. The molecule has 0 bridgehead atoms.